The summed E-state index contributed by atoms with van der Waals surface area (Å²) in [6.07, 6.45) is 1.89. The first-order chi connectivity index (χ1) is 11.5. The van der Waals surface area contributed by atoms with Crippen LogP contribution >= 0.6 is 0 Å². The lowest BCUT2D eigenvalue weighted by Crippen LogP contribution is -2.49. The third-order valence-corrected chi connectivity index (χ3v) is 4.21. The molecule has 1 atom stereocenters. The number of ether oxygens (including phenoxy) is 1. The summed E-state index contributed by atoms with van der Waals surface area (Å²) in [5, 5.41) is 11.9. The number of benzene rings is 1. The van der Waals surface area contributed by atoms with E-state index < -0.39 is 12.0 Å². The van der Waals surface area contributed by atoms with Crippen molar-refractivity contribution in [2.45, 2.75) is 31.3 Å². The van der Waals surface area contributed by atoms with Crippen LogP contribution in [-0.2, 0) is 9.53 Å². The van der Waals surface area contributed by atoms with E-state index in [0.29, 0.717) is 24.3 Å². The molecule has 2 N–H and O–H groups in total. The Hall–Kier alpha value is -2.41. The summed E-state index contributed by atoms with van der Waals surface area (Å²) >= 11 is 0. The Morgan fingerprint density at radius 3 is 2.46 bits per heavy atom. The summed E-state index contributed by atoms with van der Waals surface area (Å²) in [7, 11) is 0. The number of amides is 2. The first-order valence-electron chi connectivity index (χ1n) is 8.06. The van der Waals surface area contributed by atoms with Gasteiger partial charge in [-0.05, 0) is 37.1 Å². The average molecular weight is 332 g/mol. The third kappa shape index (κ3) is 3.91. The second kappa shape index (κ2) is 7.00. The van der Waals surface area contributed by atoms with E-state index in [9.17, 15) is 14.4 Å². The van der Waals surface area contributed by atoms with Crippen molar-refractivity contribution >= 4 is 17.8 Å². The number of carbonyl (C=O) groups excluding carboxylic acids is 2. The van der Waals surface area contributed by atoms with Crippen LogP contribution in [0.1, 0.15) is 40.0 Å². The minimum absolute atomic E-state index is 0.133. The summed E-state index contributed by atoms with van der Waals surface area (Å²) in [6.45, 7) is 0.977. The van der Waals surface area contributed by atoms with Crippen LogP contribution in [0.4, 0.5) is 0 Å². The molecule has 3 rings (SSSR count). The fourth-order valence-electron chi connectivity index (χ4n) is 2.72. The Morgan fingerprint density at radius 2 is 1.83 bits per heavy atom. The van der Waals surface area contributed by atoms with Crippen molar-refractivity contribution in [1.29, 1.82) is 0 Å². The number of rotatable bonds is 5. The number of carboxylic acids is 1. The number of hydrogen-bond donors (Lipinski definition) is 2. The molecule has 2 fully saturated rings. The predicted molar refractivity (Wildman–Crippen MR) is 84.8 cm³/mol. The van der Waals surface area contributed by atoms with E-state index in [0.717, 1.165) is 12.8 Å². The van der Waals surface area contributed by atoms with Crippen LogP contribution in [0, 0.1) is 0 Å². The number of nitrogens with zero attached hydrogens (tertiary/aromatic N) is 1. The molecule has 2 amide bonds. The Bertz CT molecular complexity index is 639. The van der Waals surface area contributed by atoms with E-state index >= 15 is 0 Å². The van der Waals surface area contributed by atoms with Crippen molar-refractivity contribution in [3.05, 3.63) is 35.4 Å². The van der Waals surface area contributed by atoms with Gasteiger partial charge in [-0.25, -0.2) is 0 Å². The van der Waals surface area contributed by atoms with Crippen LogP contribution in [0.15, 0.2) is 24.3 Å². The fourth-order valence-corrected chi connectivity index (χ4v) is 2.72. The van der Waals surface area contributed by atoms with Gasteiger partial charge in [0.15, 0.2) is 0 Å². The monoisotopic (exact) mass is 332 g/mol. The zero-order chi connectivity index (χ0) is 17.1. The van der Waals surface area contributed by atoms with E-state index in [1.165, 1.54) is 4.90 Å². The van der Waals surface area contributed by atoms with Crippen molar-refractivity contribution in [3.63, 3.8) is 0 Å². The molecule has 7 heteroatoms. The van der Waals surface area contributed by atoms with Gasteiger partial charge in [0.2, 0.25) is 0 Å². The smallest absolute Gasteiger partial charge is 0.305 e. The lowest BCUT2D eigenvalue weighted by Gasteiger charge is -2.34. The summed E-state index contributed by atoms with van der Waals surface area (Å²) in [4.78, 5) is 37.1. The molecule has 128 valence electrons. The molecule has 24 heavy (non-hydrogen) atoms. The number of aliphatic carboxylic acids is 1. The first kappa shape index (κ1) is 16.4. The second-order valence-electron chi connectivity index (χ2n) is 6.15. The molecule has 2 aliphatic rings. The van der Waals surface area contributed by atoms with Crippen LogP contribution < -0.4 is 5.32 Å². The minimum atomic E-state index is -0.963. The van der Waals surface area contributed by atoms with Gasteiger partial charge in [-0.1, -0.05) is 0 Å². The standard InChI is InChI=1S/C17H20N2O5/c20-15(21)9-14-10-24-8-7-19(14)17(23)12-3-1-11(2-4-12)16(22)18-13-5-6-13/h1-4,13-14H,5-10H2,(H,18,22)(H,20,21). The van der Waals surface area contributed by atoms with Crippen molar-refractivity contribution in [2.75, 3.05) is 19.8 Å². The molecular formula is C17H20N2O5. The lowest BCUT2D eigenvalue weighted by atomic mass is 10.1. The van der Waals surface area contributed by atoms with Crippen molar-refractivity contribution in [1.82, 2.24) is 10.2 Å². The molecule has 0 radical (unpaired) electrons. The van der Waals surface area contributed by atoms with Gasteiger partial charge in [-0.2, -0.15) is 0 Å². The van der Waals surface area contributed by atoms with Crippen LogP contribution in [0.25, 0.3) is 0 Å². The SMILES string of the molecule is O=C(O)CC1COCCN1C(=O)c1ccc(C(=O)NC2CC2)cc1. The van der Waals surface area contributed by atoms with E-state index in [1.807, 2.05) is 0 Å². The summed E-state index contributed by atoms with van der Waals surface area (Å²) in [5.74, 6) is -1.33. The first-order valence-corrected chi connectivity index (χ1v) is 8.06. The van der Waals surface area contributed by atoms with Crippen LogP contribution in [-0.4, -0.2) is 59.6 Å². The highest BCUT2D eigenvalue weighted by atomic mass is 16.5. The molecule has 0 bridgehead atoms. The van der Waals surface area contributed by atoms with Gasteiger partial charge < -0.3 is 20.1 Å². The maximum Gasteiger partial charge on any atom is 0.305 e. The highest BCUT2D eigenvalue weighted by Gasteiger charge is 2.30. The third-order valence-electron chi connectivity index (χ3n) is 4.21. The normalized spacial score (nSPS) is 20.5. The van der Waals surface area contributed by atoms with Gasteiger partial charge in [0.25, 0.3) is 11.8 Å². The molecule has 1 aromatic rings. The second-order valence-corrected chi connectivity index (χ2v) is 6.15. The van der Waals surface area contributed by atoms with Crippen molar-refractivity contribution in [3.8, 4) is 0 Å². The van der Waals surface area contributed by atoms with Gasteiger partial charge in [0.05, 0.1) is 25.7 Å². The molecule has 1 aromatic carbocycles. The maximum atomic E-state index is 12.6. The zero-order valence-corrected chi connectivity index (χ0v) is 13.2. The van der Waals surface area contributed by atoms with E-state index in [4.69, 9.17) is 9.84 Å². The van der Waals surface area contributed by atoms with E-state index in [-0.39, 0.29) is 30.9 Å². The lowest BCUT2D eigenvalue weighted by molar-refractivity contribution is -0.139. The molecule has 7 nitrogen and oxygen atoms in total. The molecule has 1 aliphatic heterocycles. The zero-order valence-electron chi connectivity index (χ0n) is 13.2. The van der Waals surface area contributed by atoms with Gasteiger partial charge in [0.1, 0.15) is 0 Å². The molecule has 1 heterocycles. The minimum Gasteiger partial charge on any atom is -0.481 e. The quantitative estimate of drug-likeness (QED) is 0.835. The molecule has 1 unspecified atom stereocenters. The maximum absolute atomic E-state index is 12.6. The Balaban J connectivity index is 1.68. The number of morpholine rings is 1. The molecule has 1 saturated carbocycles. The van der Waals surface area contributed by atoms with Crippen molar-refractivity contribution in [2.24, 2.45) is 0 Å². The number of hydrogen-bond acceptors (Lipinski definition) is 4. The number of carbonyl (C=O) groups is 3. The average Bonchev–Trinajstić information content (AvgIpc) is 3.38. The molecule has 1 aliphatic carbocycles. The van der Waals surface area contributed by atoms with Gasteiger partial charge in [-0.3, -0.25) is 14.4 Å². The van der Waals surface area contributed by atoms with E-state index in [1.54, 1.807) is 24.3 Å². The van der Waals surface area contributed by atoms with Crippen molar-refractivity contribution < 1.29 is 24.2 Å². The predicted octanol–water partition coefficient (Wildman–Crippen LogP) is 0.894. The number of nitrogens with one attached hydrogen (secondary N) is 1. The van der Waals surface area contributed by atoms with Gasteiger partial charge in [0, 0.05) is 23.7 Å². The topological polar surface area (TPSA) is 95.9 Å². The van der Waals surface area contributed by atoms with Crippen LogP contribution in [0.2, 0.25) is 0 Å². The van der Waals surface area contributed by atoms with Gasteiger partial charge in [-0.15, -0.1) is 0 Å². The highest BCUT2D eigenvalue weighted by Crippen LogP contribution is 2.20. The van der Waals surface area contributed by atoms with Crippen LogP contribution in [0.3, 0.4) is 0 Å². The molecule has 0 spiro atoms. The Labute approximate surface area is 139 Å². The largest absolute Gasteiger partial charge is 0.481 e. The summed E-state index contributed by atoms with van der Waals surface area (Å²) < 4.78 is 5.28. The molecular weight excluding hydrogens is 312 g/mol. The van der Waals surface area contributed by atoms with Crippen LogP contribution in [0.5, 0.6) is 0 Å². The van der Waals surface area contributed by atoms with Gasteiger partial charge >= 0.3 is 5.97 Å². The molecule has 0 aromatic heterocycles. The number of carboxylic acid groups (broad SMARTS) is 1. The Morgan fingerprint density at radius 1 is 1.17 bits per heavy atom. The Kier molecular flexibility index (Phi) is 4.80. The summed E-state index contributed by atoms with van der Waals surface area (Å²) in [5.41, 5.74) is 0.956. The fraction of sp³-hybridized carbons (Fsp3) is 0.471. The molecule has 1 saturated heterocycles. The van der Waals surface area contributed by atoms with E-state index in [2.05, 4.69) is 5.32 Å². The highest BCUT2D eigenvalue weighted by molar-refractivity contribution is 5.98. The summed E-state index contributed by atoms with van der Waals surface area (Å²) in [6, 6.07) is 6.27.